The highest BCUT2D eigenvalue weighted by Gasteiger charge is 2.52. The number of hydrogen-bond donors (Lipinski definition) is 0. The molecular weight excluding hydrogens is 893 g/mol. The molecule has 4 bridgehead atoms. The summed E-state index contributed by atoms with van der Waals surface area (Å²) in [5.41, 5.74) is 0.245. The van der Waals surface area contributed by atoms with Crippen molar-refractivity contribution < 1.29 is 33.3 Å². The lowest BCUT2D eigenvalue weighted by Crippen LogP contribution is -2.27. The average molecular weight is 1000 g/mol. The van der Waals surface area contributed by atoms with Crippen molar-refractivity contribution >= 4 is 17.7 Å². The Morgan fingerprint density at radius 2 is 0.958 bits per heavy atom. The third kappa shape index (κ3) is 26.1. The van der Waals surface area contributed by atoms with Gasteiger partial charge in [0.2, 0.25) is 0 Å². The van der Waals surface area contributed by atoms with E-state index in [2.05, 4.69) is 158 Å². The molecule has 0 radical (unpaired) electrons. The molecule has 8 rings (SSSR count). The highest BCUT2D eigenvalue weighted by Crippen LogP contribution is 2.49. The molecule has 7 nitrogen and oxygen atoms in total. The molecule has 0 saturated heterocycles. The van der Waals surface area contributed by atoms with Crippen LogP contribution in [0.25, 0.3) is 0 Å². The molecule has 0 aromatic carbocycles. The van der Waals surface area contributed by atoms with Gasteiger partial charge in [-0.3, -0.25) is 14.4 Å². The van der Waals surface area contributed by atoms with Crippen molar-refractivity contribution in [2.75, 3.05) is 0 Å². The number of hydrogen-bond acceptors (Lipinski definition) is 7. The minimum Gasteiger partial charge on any atom is -0.462 e. The van der Waals surface area contributed by atoms with Gasteiger partial charge < -0.3 is 18.9 Å². The number of ketones is 1. The van der Waals surface area contributed by atoms with Crippen LogP contribution in [0.15, 0.2) is 60.8 Å². The van der Waals surface area contributed by atoms with E-state index in [1.54, 1.807) is 0 Å². The number of rotatable bonds is 10. The molecule has 0 N–H and O–H groups in total. The molecular formula is C65H108O7. The summed E-state index contributed by atoms with van der Waals surface area (Å²) in [6, 6.07) is 0. The van der Waals surface area contributed by atoms with E-state index in [9.17, 15) is 14.4 Å². The molecule has 410 valence electrons. The Labute approximate surface area is 442 Å². The Morgan fingerprint density at radius 3 is 1.40 bits per heavy atom. The SMILES string of the molecule is CC(C)(C)CC(=O)CC1CC2C=CC1C2.CC(C)(C)CC(=O)OC1C2CC/C=C/CCC21.CC(C)(C)CC(=O)OC1CC2C=CC1C2.CC(C)(C)OC1CC/C=C/CCC1.CC(C)OC1CC/C=C/CCC1. The van der Waals surface area contributed by atoms with Crippen LogP contribution in [0.4, 0.5) is 0 Å². The summed E-state index contributed by atoms with van der Waals surface area (Å²) in [6.45, 7) is 29.5. The summed E-state index contributed by atoms with van der Waals surface area (Å²) < 4.78 is 22.9. The van der Waals surface area contributed by atoms with E-state index < -0.39 is 0 Å². The van der Waals surface area contributed by atoms with Crippen molar-refractivity contribution in [3.63, 3.8) is 0 Å². The van der Waals surface area contributed by atoms with Gasteiger partial charge in [-0.25, -0.2) is 0 Å². The molecule has 8 aliphatic rings. The lowest BCUT2D eigenvalue weighted by molar-refractivity contribution is -0.152. The van der Waals surface area contributed by atoms with Crippen LogP contribution in [0.3, 0.4) is 0 Å². The Bertz CT molecular complexity index is 1690. The average Bonchev–Trinajstić information content (AvgIpc) is 3.79. The van der Waals surface area contributed by atoms with Crippen LogP contribution in [0.1, 0.15) is 238 Å². The van der Waals surface area contributed by atoms with Gasteiger partial charge >= 0.3 is 11.9 Å². The van der Waals surface area contributed by atoms with Crippen molar-refractivity contribution in [1.82, 2.24) is 0 Å². The summed E-state index contributed by atoms with van der Waals surface area (Å²) >= 11 is 0. The van der Waals surface area contributed by atoms with Gasteiger partial charge in [-0.1, -0.05) is 123 Å². The molecule has 0 amide bonds. The van der Waals surface area contributed by atoms with E-state index in [1.165, 1.54) is 96.3 Å². The Balaban J connectivity index is 0.000000196. The minimum atomic E-state index is -0.0338. The molecule has 8 aliphatic carbocycles. The Hall–Kier alpha value is -2.77. The van der Waals surface area contributed by atoms with Crippen LogP contribution in [-0.2, 0) is 33.3 Å². The summed E-state index contributed by atoms with van der Waals surface area (Å²) in [6.07, 6.45) is 49.0. The van der Waals surface area contributed by atoms with Crippen LogP contribution in [0, 0.1) is 57.7 Å². The first-order valence-corrected chi connectivity index (χ1v) is 29.3. The normalized spacial score (nSPS) is 31.7. The smallest absolute Gasteiger partial charge is 0.306 e. The first-order chi connectivity index (χ1) is 33.7. The summed E-state index contributed by atoms with van der Waals surface area (Å²) in [5.74, 6) is 5.05. The van der Waals surface area contributed by atoms with Gasteiger partial charge in [-0.05, 0) is 190 Å². The molecule has 7 heteroatoms. The van der Waals surface area contributed by atoms with Crippen LogP contribution < -0.4 is 0 Å². The van der Waals surface area contributed by atoms with E-state index in [1.807, 2.05) is 0 Å². The van der Waals surface area contributed by atoms with Crippen molar-refractivity contribution in [3.8, 4) is 0 Å². The lowest BCUT2D eigenvalue weighted by atomic mass is 9.83. The molecule has 0 aromatic rings. The first kappa shape index (κ1) is 61.8. The van der Waals surface area contributed by atoms with Crippen LogP contribution in [0.2, 0.25) is 0 Å². The molecule has 0 aromatic heterocycles. The van der Waals surface area contributed by atoms with Crippen molar-refractivity contribution in [2.24, 2.45) is 57.7 Å². The van der Waals surface area contributed by atoms with Gasteiger partial charge in [0.15, 0.2) is 0 Å². The van der Waals surface area contributed by atoms with Gasteiger partial charge in [0, 0.05) is 30.6 Å². The van der Waals surface area contributed by atoms with E-state index >= 15 is 0 Å². The highest BCUT2D eigenvalue weighted by atomic mass is 16.6. The maximum atomic E-state index is 11.9. The standard InChI is InChI=1S/C15H24O2.C14H22O.C13H20O2.C12H22O.C11H20O/c1-15(2,3)10-13(16)17-14-11-8-6-4-5-7-9-12(11)14;1-14(2,3)9-13(15)8-12-7-10-4-5-11(12)6-10;1-13(2,3)8-12(14)15-11-7-9-4-5-10(11)6-9;1-12(2,3)13-11-9-7-5-4-6-8-10-11;1-10(2)12-11-8-6-4-3-5-7-9-11/h4-5,11-12,14H,6-10H2,1-3H3;4-5,10-12H,6-9H2,1-3H3;4-5,9-11H,6-8H2,1-3H3;4-5,11H,6-10H2,1-3H3;3-4,10-11H,5-9H2,1-2H3/b5-4+;;;5-4+;4-3+. The van der Waals surface area contributed by atoms with Gasteiger partial charge in [0.05, 0.1) is 36.8 Å². The molecule has 0 aliphatic heterocycles. The summed E-state index contributed by atoms with van der Waals surface area (Å²) in [5, 5.41) is 0. The number of Topliss-reactive ketones (excluding diaryl/α,β-unsaturated/α-hetero) is 1. The second-order valence-corrected chi connectivity index (χ2v) is 27.8. The zero-order valence-electron chi connectivity index (χ0n) is 48.6. The highest BCUT2D eigenvalue weighted by molar-refractivity contribution is 5.79. The molecule has 3 fully saturated rings. The number of fused-ring (bicyclic) bond motifs is 5. The number of carbonyl (C=O) groups is 3. The van der Waals surface area contributed by atoms with Crippen molar-refractivity contribution in [2.45, 2.75) is 274 Å². The second kappa shape index (κ2) is 29.5. The van der Waals surface area contributed by atoms with Crippen LogP contribution in [0.5, 0.6) is 0 Å². The fourth-order valence-electron chi connectivity index (χ4n) is 11.8. The minimum absolute atomic E-state index is 0.0118. The predicted octanol–water partition coefficient (Wildman–Crippen LogP) is 17.2. The maximum Gasteiger partial charge on any atom is 0.306 e. The van der Waals surface area contributed by atoms with Gasteiger partial charge in [-0.2, -0.15) is 0 Å². The topological polar surface area (TPSA) is 88.1 Å². The predicted molar refractivity (Wildman–Crippen MR) is 299 cm³/mol. The van der Waals surface area contributed by atoms with Gasteiger partial charge in [0.1, 0.15) is 18.0 Å². The molecule has 10 unspecified atom stereocenters. The third-order valence-electron chi connectivity index (χ3n) is 14.9. The molecule has 0 heterocycles. The molecule has 3 saturated carbocycles. The summed E-state index contributed by atoms with van der Waals surface area (Å²) in [4.78, 5) is 35.3. The zero-order valence-corrected chi connectivity index (χ0v) is 48.6. The molecule has 0 spiro atoms. The third-order valence-corrected chi connectivity index (χ3v) is 14.9. The van der Waals surface area contributed by atoms with Crippen molar-refractivity contribution in [3.05, 3.63) is 60.8 Å². The maximum absolute atomic E-state index is 11.9. The zero-order chi connectivity index (χ0) is 53.1. The second-order valence-electron chi connectivity index (χ2n) is 27.8. The number of esters is 2. The number of ether oxygens (including phenoxy) is 4. The fraction of sp³-hybridized carbons (Fsp3) is 0.800. The van der Waals surface area contributed by atoms with Crippen LogP contribution >= 0.6 is 0 Å². The number of allylic oxidation sites excluding steroid dienone is 9. The van der Waals surface area contributed by atoms with Gasteiger partial charge in [0.25, 0.3) is 0 Å². The van der Waals surface area contributed by atoms with E-state index in [0.717, 1.165) is 43.9 Å². The Kier molecular flexibility index (Phi) is 25.3. The van der Waals surface area contributed by atoms with E-state index in [-0.39, 0.29) is 46.0 Å². The molecule has 72 heavy (non-hydrogen) atoms. The largest absolute Gasteiger partial charge is 0.462 e. The lowest BCUT2D eigenvalue weighted by Gasteiger charge is -2.28. The molecule has 10 atom stereocenters. The van der Waals surface area contributed by atoms with Crippen LogP contribution in [-0.4, -0.2) is 53.8 Å². The quantitative estimate of drug-likeness (QED) is 0.159. The number of carbonyl (C=O) groups excluding carboxylic acids is 3. The first-order valence-electron chi connectivity index (χ1n) is 29.3. The van der Waals surface area contributed by atoms with Crippen molar-refractivity contribution in [1.29, 1.82) is 0 Å². The monoisotopic (exact) mass is 1000 g/mol. The van der Waals surface area contributed by atoms with E-state index in [0.29, 0.717) is 66.5 Å². The Morgan fingerprint density at radius 1 is 0.500 bits per heavy atom. The summed E-state index contributed by atoms with van der Waals surface area (Å²) in [7, 11) is 0. The van der Waals surface area contributed by atoms with Gasteiger partial charge in [-0.15, -0.1) is 0 Å². The fourth-order valence-corrected chi connectivity index (χ4v) is 11.8. The van der Waals surface area contributed by atoms with E-state index in [4.69, 9.17) is 18.9 Å².